The number of hydrogen-bond acceptors (Lipinski definition) is 3. The van der Waals surface area contributed by atoms with E-state index in [1.54, 1.807) is 12.1 Å². The summed E-state index contributed by atoms with van der Waals surface area (Å²) in [6.07, 6.45) is 3.36. The van der Waals surface area contributed by atoms with Gasteiger partial charge in [0.25, 0.3) is 0 Å². The van der Waals surface area contributed by atoms with Gasteiger partial charge in [0.1, 0.15) is 11.9 Å². The maximum Gasteiger partial charge on any atom is 0.338 e. The van der Waals surface area contributed by atoms with E-state index in [4.69, 9.17) is 16.3 Å². The minimum atomic E-state index is -1.23. The second-order valence-electron chi connectivity index (χ2n) is 8.26. The molecule has 0 unspecified atom stereocenters. The fraction of sp³-hybridized carbons (Fsp3) is 0.435. The van der Waals surface area contributed by atoms with E-state index in [-0.39, 0.29) is 34.8 Å². The summed E-state index contributed by atoms with van der Waals surface area (Å²) in [4.78, 5) is 13.5. The molecule has 0 bridgehead atoms. The van der Waals surface area contributed by atoms with Crippen molar-refractivity contribution in [2.24, 2.45) is 0 Å². The van der Waals surface area contributed by atoms with Crippen LogP contribution in [0.25, 0.3) is 0 Å². The molecule has 2 fully saturated rings. The molecule has 1 saturated carbocycles. The highest BCUT2D eigenvalue weighted by atomic mass is 35.5. The third kappa shape index (κ3) is 5.48. The Balaban J connectivity index is 0.00000272. The number of likely N-dealkylation sites (tertiary alicyclic amines) is 1. The number of benzene rings is 2. The fourth-order valence-corrected chi connectivity index (χ4v) is 4.36. The largest absolute Gasteiger partial charge is 0.487 e. The summed E-state index contributed by atoms with van der Waals surface area (Å²) in [5.74, 6) is -1.95. The van der Waals surface area contributed by atoms with E-state index in [9.17, 15) is 18.7 Å². The average molecular weight is 472 g/mol. The number of rotatable bonds is 6. The molecule has 0 aromatic heterocycles. The van der Waals surface area contributed by atoms with Crippen molar-refractivity contribution in [3.05, 3.63) is 63.2 Å². The molecule has 1 aliphatic carbocycles. The van der Waals surface area contributed by atoms with Crippen molar-refractivity contribution in [3.8, 4) is 5.75 Å². The van der Waals surface area contributed by atoms with E-state index in [0.717, 1.165) is 55.5 Å². The predicted molar refractivity (Wildman–Crippen MR) is 118 cm³/mol. The topological polar surface area (TPSA) is 49.8 Å². The highest BCUT2D eigenvalue weighted by molar-refractivity contribution is 6.30. The molecule has 2 aromatic carbocycles. The van der Waals surface area contributed by atoms with Gasteiger partial charge in [-0.15, -0.1) is 12.4 Å². The SMILES string of the molecule is Cc1cc(Cl)c(F)c(OC2CCN(Cc3cc(F)c(C(=O)O)cc3C3CC3)CC2)c1.Cl. The van der Waals surface area contributed by atoms with E-state index >= 15 is 0 Å². The third-order valence-corrected chi connectivity index (χ3v) is 6.11. The number of aryl methyl sites for hydroxylation is 1. The molecule has 4 nitrogen and oxygen atoms in total. The minimum absolute atomic E-state index is 0. The van der Waals surface area contributed by atoms with Crippen LogP contribution in [0.3, 0.4) is 0 Å². The van der Waals surface area contributed by atoms with Gasteiger partial charge in [0.05, 0.1) is 10.6 Å². The zero-order chi connectivity index (χ0) is 21.4. The lowest BCUT2D eigenvalue weighted by molar-refractivity contribution is 0.0691. The summed E-state index contributed by atoms with van der Waals surface area (Å²) < 4.78 is 34.3. The van der Waals surface area contributed by atoms with Gasteiger partial charge < -0.3 is 9.84 Å². The molecular formula is C23H25Cl2F2NO3. The predicted octanol–water partition coefficient (Wildman–Crippen LogP) is 5.97. The lowest BCUT2D eigenvalue weighted by Gasteiger charge is -2.32. The van der Waals surface area contributed by atoms with Crippen molar-refractivity contribution < 1.29 is 23.4 Å². The highest BCUT2D eigenvalue weighted by Gasteiger charge is 2.30. The molecular weight excluding hydrogens is 447 g/mol. The molecule has 1 N–H and O–H groups in total. The lowest BCUT2D eigenvalue weighted by atomic mass is 9.98. The van der Waals surface area contributed by atoms with E-state index in [2.05, 4.69) is 4.90 Å². The number of piperidine rings is 1. The number of nitrogens with zero attached hydrogens (tertiary/aromatic N) is 1. The average Bonchev–Trinajstić information content (AvgIpc) is 3.52. The molecule has 8 heteroatoms. The van der Waals surface area contributed by atoms with E-state index < -0.39 is 17.6 Å². The molecule has 0 radical (unpaired) electrons. The summed E-state index contributed by atoms with van der Waals surface area (Å²) in [5, 5.41) is 9.27. The van der Waals surface area contributed by atoms with Crippen LogP contribution in [-0.2, 0) is 6.54 Å². The lowest BCUT2D eigenvalue weighted by Crippen LogP contribution is -2.38. The van der Waals surface area contributed by atoms with E-state index in [1.165, 1.54) is 12.1 Å². The van der Waals surface area contributed by atoms with Crippen LogP contribution in [-0.4, -0.2) is 35.2 Å². The first-order valence-electron chi connectivity index (χ1n) is 10.2. The van der Waals surface area contributed by atoms with E-state index in [1.807, 2.05) is 6.92 Å². The molecule has 4 rings (SSSR count). The van der Waals surface area contributed by atoms with Crippen LogP contribution < -0.4 is 4.74 Å². The van der Waals surface area contributed by atoms with Crippen LogP contribution in [0.15, 0.2) is 24.3 Å². The molecule has 0 amide bonds. The summed E-state index contributed by atoms with van der Waals surface area (Å²) in [5.41, 5.74) is 2.39. The molecule has 0 atom stereocenters. The normalized spacial score (nSPS) is 17.3. The van der Waals surface area contributed by atoms with Crippen molar-refractivity contribution in [3.63, 3.8) is 0 Å². The molecule has 31 heavy (non-hydrogen) atoms. The Labute approximate surface area is 191 Å². The quantitative estimate of drug-likeness (QED) is 0.563. The van der Waals surface area contributed by atoms with Crippen LogP contribution in [0, 0.1) is 18.6 Å². The fourth-order valence-electron chi connectivity index (χ4n) is 4.09. The van der Waals surface area contributed by atoms with Gasteiger partial charge in [-0.2, -0.15) is 0 Å². The molecule has 2 aliphatic rings. The second-order valence-corrected chi connectivity index (χ2v) is 8.67. The van der Waals surface area contributed by atoms with Gasteiger partial charge >= 0.3 is 5.97 Å². The highest BCUT2D eigenvalue weighted by Crippen LogP contribution is 2.43. The molecule has 1 aliphatic heterocycles. The summed E-state index contributed by atoms with van der Waals surface area (Å²) >= 11 is 5.91. The number of hydrogen-bond donors (Lipinski definition) is 1. The smallest absolute Gasteiger partial charge is 0.338 e. The van der Waals surface area contributed by atoms with Gasteiger partial charge in [-0.1, -0.05) is 11.6 Å². The Morgan fingerprint density at radius 2 is 1.84 bits per heavy atom. The summed E-state index contributed by atoms with van der Waals surface area (Å²) in [6, 6.07) is 6.11. The van der Waals surface area contributed by atoms with Crippen LogP contribution in [0.1, 0.15) is 58.6 Å². The van der Waals surface area contributed by atoms with Gasteiger partial charge in [-0.3, -0.25) is 4.90 Å². The molecule has 1 saturated heterocycles. The van der Waals surface area contributed by atoms with Crippen LogP contribution in [0.2, 0.25) is 5.02 Å². The Morgan fingerprint density at radius 1 is 1.16 bits per heavy atom. The number of carboxylic acid groups (broad SMARTS) is 1. The number of halogens is 4. The number of ether oxygens (including phenoxy) is 1. The first-order valence-corrected chi connectivity index (χ1v) is 10.6. The Bertz CT molecular complexity index is 974. The molecule has 2 aromatic rings. The Kier molecular flexibility index (Phi) is 7.45. The van der Waals surface area contributed by atoms with Crippen molar-refractivity contribution in [2.75, 3.05) is 13.1 Å². The van der Waals surface area contributed by atoms with Crippen molar-refractivity contribution >= 4 is 30.0 Å². The standard InChI is InChI=1S/C23H24ClF2NO3.ClH/c1-13-8-19(24)22(26)21(9-13)30-16-4-6-27(7-5-16)12-15-10-20(25)18(23(28)29)11-17(15)14-2-3-14;/h8-11,14,16H,2-7,12H2,1H3,(H,28,29);1H. The van der Waals surface area contributed by atoms with Crippen molar-refractivity contribution in [2.45, 2.75) is 51.2 Å². The first kappa shape index (κ1) is 23.8. The maximum absolute atomic E-state index is 14.3. The molecule has 168 valence electrons. The Hall–Kier alpha value is -1.89. The molecule has 0 spiro atoms. The van der Waals surface area contributed by atoms with Gasteiger partial charge in [-0.05, 0) is 79.5 Å². The van der Waals surface area contributed by atoms with Gasteiger partial charge in [-0.25, -0.2) is 13.6 Å². The molecule has 1 heterocycles. The monoisotopic (exact) mass is 471 g/mol. The zero-order valence-corrected chi connectivity index (χ0v) is 18.7. The first-order chi connectivity index (χ1) is 14.3. The van der Waals surface area contributed by atoms with Gasteiger partial charge in [0, 0.05) is 19.6 Å². The van der Waals surface area contributed by atoms with Gasteiger partial charge in [0.15, 0.2) is 11.6 Å². The van der Waals surface area contributed by atoms with E-state index in [0.29, 0.717) is 12.5 Å². The Morgan fingerprint density at radius 3 is 2.45 bits per heavy atom. The van der Waals surface area contributed by atoms with Crippen LogP contribution >= 0.6 is 24.0 Å². The third-order valence-electron chi connectivity index (χ3n) is 5.84. The number of carboxylic acids is 1. The number of carbonyl (C=O) groups is 1. The van der Waals surface area contributed by atoms with Crippen molar-refractivity contribution in [1.29, 1.82) is 0 Å². The number of aromatic carboxylic acids is 1. The van der Waals surface area contributed by atoms with Gasteiger partial charge in [0.2, 0.25) is 0 Å². The van der Waals surface area contributed by atoms with Crippen LogP contribution in [0.4, 0.5) is 8.78 Å². The second kappa shape index (κ2) is 9.72. The van der Waals surface area contributed by atoms with Crippen molar-refractivity contribution in [1.82, 2.24) is 4.90 Å². The van der Waals surface area contributed by atoms with Crippen LogP contribution in [0.5, 0.6) is 5.75 Å². The summed E-state index contributed by atoms with van der Waals surface area (Å²) in [7, 11) is 0. The summed E-state index contributed by atoms with van der Waals surface area (Å²) in [6.45, 7) is 3.88. The maximum atomic E-state index is 14.3. The zero-order valence-electron chi connectivity index (χ0n) is 17.2. The minimum Gasteiger partial charge on any atom is -0.487 e.